The third-order valence-electron chi connectivity index (χ3n) is 3.91. The first kappa shape index (κ1) is 15.0. The van der Waals surface area contributed by atoms with Crippen molar-refractivity contribution in [3.05, 3.63) is 11.9 Å². The summed E-state index contributed by atoms with van der Waals surface area (Å²) in [5, 5.41) is 6.68. The molecule has 0 unspecified atom stereocenters. The molecule has 1 saturated carbocycles. The first-order valence-corrected chi connectivity index (χ1v) is 7.50. The Morgan fingerprint density at radius 3 is 2.35 bits per heavy atom. The van der Waals surface area contributed by atoms with E-state index >= 15 is 0 Å². The summed E-state index contributed by atoms with van der Waals surface area (Å²) in [6, 6.07) is 1.97. The fraction of sp³-hybridized carbons (Fsp3) is 0.733. The van der Waals surface area contributed by atoms with Gasteiger partial charge in [-0.1, -0.05) is 13.8 Å². The van der Waals surface area contributed by atoms with Gasteiger partial charge in [-0.25, -0.2) is 9.97 Å². The van der Waals surface area contributed by atoms with E-state index in [-0.39, 0.29) is 5.60 Å². The molecule has 1 heterocycles. The van der Waals surface area contributed by atoms with Gasteiger partial charge in [0.2, 0.25) is 0 Å². The zero-order valence-corrected chi connectivity index (χ0v) is 13.0. The van der Waals surface area contributed by atoms with E-state index in [1.54, 1.807) is 7.11 Å². The summed E-state index contributed by atoms with van der Waals surface area (Å²) in [5.74, 6) is 2.94. The number of nitrogens with zero attached hydrogens (tertiary/aromatic N) is 2. The Balaban J connectivity index is 2.09. The molecule has 0 amide bonds. The minimum atomic E-state index is 0.00128. The lowest BCUT2D eigenvalue weighted by atomic mass is 9.80. The normalized spacial score (nSPS) is 16.9. The fourth-order valence-corrected chi connectivity index (χ4v) is 2.36. The van der Waals surface area contributed by atoms with Gasteiger partial charge in [-0.3, -0.25) is 0 Å². The van der Waals surface area contributed by atoms with Gasteiger partial charge in [0.15, 0.2) is 0 Å². The SMILES string of the molecule is CCNc1cc(NCC2(OC)CCC2)nc(C(C)C)n1. The number of aromatic nitrogens is 2. The number of anilines is 2. The molecule has 1 aromatic heterocycles. The van der Waals surface area contributed by atoms with Crippen molar-refractivity contribution in [2.45, 2.75) is 51.6 Å². The Morgan fingerprint density at radius 2 is 1.90 bits per heavy atom. The van der Waals surface area contributed by atoms with Gasteiger partial charge >= 0.3 is 0 Å². The maximum Gasteiger partial charge on any atom is 0.135 e. The molecule has 0 aromatic carbocycles. The summed E-state index contributed by atoms with van der Waals surface area (Å²) in [4.78, 5) is 9.12. The summed E-state index contributed by atoms with van der Waals surface area (Å²) >= 11 is 0. The Morgan fingerprint density at radius 1 is 1.25 bits per heavy atom. The molecule has 0 aliphatic heterocycles. The third kappa shape index (κ3) is 3.39. The van der Waals surface area contributed by atoms with Gasteiger partial charge in [-0.2, -0.15) is 0 Å². The molecule has 1 fully saturated rings. The van der Waals surface area contributed by atoms with Gasteiger partial charge < -0.3 is 15.4 Å². The summed E-state index contributed by atoms with van der Waals surface area (Å²) < 4.78 is 5.63. The average Bonchev–Trinajstić information content (AvgIpc) is 2.38. The summed E-state index contributed by atoms with van der Waals surface area (Å²) in [5.41, 5.74) is 0.00128. The highest BCUT2D eigenvalue weighted by Gasteiger charge is 2.36. The minimum absolute atomic E-state index is 0.00128. The second kappa shape index (κ2) is 6.39. The first-order valence-electron chi connectivity index (χ1n) is 7.50. The van der Waals surface area contributed by atoms with Crippen molar-refractivity contribution >= 4 is 11.6 Å². The van der Waals surface area contributed by atoms with E-state index in [9.17, 15) is 0 Å². The molecule has 0 atom stereocenters. The molecule has 1 aliphatic rings. The lowest BCUT2D eigenvalue weighted by Gasteiger charge is -2.40. The van der Waals surface area contributed by atoms with Crippen LogP contribution in [0.25, 0.3) is 0 Å². The topological polar surface area (TPSA) is 59.1 Å². The van der Waals surface area contributed by atoms with E-state index in [4.69, 9.17) is 4.74 Å². The van der Waals surface area contributed by atoms with Gasteiger partial charge in [0.25, 0.3) is 0 Å². The van der Waals surface area contributed by atoms with Gasteiger partial charge in [-0.05, 0) is 26.2 Å². The molecule has 0 saturated heterocycles. The van der Waals surface area contributed by atoms with E-state index in [0.717, 1.165) is 43.4 Å². The van der Waals surface area contributed by atoms with E-state index in [1.165, 1.54) is 6.42 Å². The summed E-state index contributed by atoms with van der Waals surface area (Å²) in [7, 11) is 1.80. The molecule has 2 rings (SSSR count). The van der Waals surface area contributed by atoms with Crippen LogP contribution in [-0.4, -0.2) is 35.8 Å². The second-order valence-corrected chi connectivity index (χ2v) is 5.78. The zero-order chi connectivity index (χ0) is 14.6. The lowest BCUT2D eigenvalue weighted by molar-refractivity contribution is -0.0601. The van der Waals surface area contributed by atoms with Crippen LogP contribution in [0, 0.1) is 0 Å². The number of nitrogens with one attached hydrogen (secondary N) is 2. The fourth-order valence-electron chi connectivity index (χ4n) is 2.36. The molecule has 1 aliphatic carbocycles. The van der Waals surface area contributed by atoms with Crippen molar-refractivity contribution in [2.75, 3.05) is 30.8 Å². The third-order valence-corrected chi connectivity index (χ3v) is 3.91. The predicted octanol–water partition coefficient (Wildman–Crippen LogP) is 3.01. The number of hydrogen-bond acceptors (Lipinski definition) is 5. The number of ether oxygens (including phenoxy) is 1. The van der Waals surface area contributed by atoms with Gasteiger partial charge in [-0.15, -0.1) is 0 Å². The van der Waals surface area contributed by atoms with Crippen LogP contribution >= 0.6 is 0 Å². The highest BCUT2D eigenvalue weighted by Crippen LogP contribution is 2.35. The Bertz CT molecular complexity index is 438. The van der Waals surface area contributed by atoms with Crippen LogP contribution in [0.4, 0.5) is 11.6 Å². The summed E-state index contributed by atoms with van der Waals surface area (Å²) in [6.07, 6.45) is 3.50. The maximum absolute atomic E-state index is 5.63. The average molecular weight is 278 g/mol. The smallest absolute Gasteiger partial charge is 0.135 e. The lowest BCUT2D eigenvalue weighted by Crippen LogP contribution is -2.45. The van der Waals surface area contributed by atoms with Gasteiger partial charge in [0, 0.05) is 32.2 Å². The Hall–Kier alpha value is -1.36. The zero-order valence-electron chi connectivity index (χ0n) is 13.0. The van der Waals surface area contributed by atoms with Crippen LogP contribution in [0.1, 0.15) is 51.8 Å². The maximum atomic E-state index is 5.63. The van der Waals surface area contributed by atoms with Gasteiger partial charge in [0.05, 0.1) is 5.60 Å². The molecule has 0 radical (unpaired) electrons. The van der Waals surface area contributed by atoms with Crippen molar-refractivity contribution in [3.63, 3.8) is 0 Å². The predicted molar refractivity (Wildman–Crippen MR) is 82.4 cm³/mol. The molecule has 5 nitrogen and oxygen atoms in total. The molecule has 1 aromatic rings. The van der Waals surface area contributed by atoms with E-state index in [0.29, 0.717) is 5.92 Å². The van der Waals surface area contributed by atoms with Gasteiger partial charge in [0.1, 0.15) is 17.5 Å². The number of rotatable bonds is 7. The molecular weight excluding hydrogens is 252 g/mol. The largest absolute Gasteiger partial charge is 0.376 e. The molecule has 2 N–H and O–H groups in total. The van der Waals surface area contributed by atoms with Crippen molar-refractivity contribution in [2.24, 2.45) is 0 Å². The Labute approximate surface area is 121 Å². The molecular formula is C15H26N4O. The van der Waals surface area contributed by atoms with Crippen molar-refractivity contribution < 1.29 is 4.74 Å². The van der Waals surface area contributed by atoms with E-state index in [1.807, 2.05) is 6.07 Å². The second-order valence-electron chi connectivity index (χ2n) is 5.78. The minimum Gasteiger partial charge on any atom is -0.376 e. The first-order chi connectivity index (χ1) is 9.58. The van der Waals surface area contributed by atoms with Crippen molar-refractivity contribution in [1.82, 2.24) is 9.97 Å². The standard InChI is InChI=1S/C15H26N4O/c1-5-16-12-9-13(19-14(18-12)11(2)3)17-10-15(20-4)7-6-8-15/h9,11H,5-8,10H2,1-4H3,(H2,16,17,18,19). The van der Waals surface area contributed by atoms with Crippen LogP contribution in [0.3, 0.4) is 0 Å². The van der Waals surface area contributed by atoms with Crippen LogP contribution in [0.2, 0.25) is 0 Å². The molecule has 20 heavy (non-hydrogen) atoms. The molecule has 112 valence electrons. The van der Waals surface area contributed by atoms with Crippen molar-refractivity contribution in [1.29, 1.82) is 0 Å². The number of hydrogen-bond donors (Lipinski definition) is 2. The van der Waals surface area contributed by atoms with E-state index < -0.39 is 0 Å². The quantitative estimate of drug-likeness (QED) is 0.803. The molecule has 5 heteroatoms. The number of methoxy groups -OCH3 is 1. The van der Waals surface area contributed by atoms with Crippen LogP contribution < -0.4 is 10.6 Å². The van der Waals surface area contributed by atoms with Crippen molar-refractivity contribution in [3.8, 4) is 0 Å². The van der Waals surface area contributed by atoms with Crippen LogP contribution in [0.5, 0.6) is 0 Å². The molecule has 0 bridgehead atoms. The monoisotopic (exact) mass is 278 g/mol. The highest BCUT2D eigenvalue weighted by molar-refractivity contribution is 5.48. The van der Waals surface area contributed by atoms with Crippen LogP contribution in [0.15, 0.2) is 6.07 Å². The van der Waals surface area contributed by atoms with Crippen LogP contribution in [-0.2, 0) is 4.74 Å². The molecule has 0 spiro atoms. The Kier molecular flexibility index (Phi) is 4.81. The summed E-state index contributed by atoms with van der Waals surface area (Å²) in [6.45, 7) is 7.95. The van der Waals surface area contributed by atoms with E-state index in [2.05, 4.69) is 41.4 Å². The highest BCUT2D eigenvalue weighted by atomic mass is 16.5.